The Bertz CT molecular complexity index is 675. The van der Waals surface area contributed by atoms with Crippen molar-refractivity contribution in [2.75, 3.05) is 31.1 Å². The van der Waals surface area contributed by atoms with Crippen molar-refractivity contribution in [1.82, 2.24) is 25.1 Å². The number of rotatable bonds is 4. The fraction of sp³-hybridized carbons (Fsp3) is 0.400. The number of benzene rings is 1. The molecule has 0 saturated carbocycles. The van der Waals surface area contributed by atoms with Crippen molar-refractivity contribution < 1.29 is 9.59 Å². The van der Waals surface area contributed by atoms with E-state index in [0.717, 1.165) is 18.8 Å². The van der Waals surface area contributed by atoms with Crippen molar-refractivity contribution in [1.29, 1.82) is 0 Å². The molecule has 0 bridgehead atoms. The van der Waals surface area contributed by atoms with E-state index in [4.69, 9.17) is 0 Å². The van der Waals surface area contributed by atoms with E-state index in [0.29, 0.717) is 18.7 Å². The lowest BCUT2D eigenvalue weighted by Crippen LogP contribution is -2.49. The fourth-order valence-corrected chi connectivity index (χ4v) is 2.61. The quantitative estimate of drug-likeness (QED) is 0.751. The first-order valence-corrected chi connectivity index (χ1v) is 7.48. The van der Waals surface area contributed by atoms with Gasteiger partial charge in [0.1, 0.15) is 12.9 Å². The SMILES string of the molecule is CC(=O)c1ccc(N2CCN(C(=O)Cn3cnnn3)CC2)cc1. The van der Waals surface area contributed by atoms with Crippen LogP contribution in [-0.4, -0.2) is 63.0 Å². The molecule has 8 nitrogen and oxygen atoms in total. The van der Waals surface area contributed by atoms with E-state index in [1.807, 2.05) is 29.2 Å². The predicted octanol–water partition coefficient (Wildman–Crippen LogP) is 0.225. The van der Waals surface area contributed by atoms with Gasteiger partial charge in [0.25, 0.3) is 0 Å². The van der Waals surface area contributed by atoms with Crippen LogP contribution in [0.25, 0.3) is 0 Å². The fourth-order valence-electron chi connectivity index (χ4n) is 2.61. The van der Waals surface area contributed by atoms with E-state index in [1.165, 1.54) is 11.0 Å². The zero-order chi connectivity index (χ0) is 16.2. The molecule has 0 N–H and O–H groups in total. The molecule has 0 aliphatic carbocycles. The topological polar surface area (TPSA) is 84.2 Å². The van der Waals surface area contributed by atoms with E-state index >= 15 is 0 Å². The monoisotopic (exact) mass is 314 g/mol. The number of ketones is 1. The van der Waals surface area contributed by atoms with Gasteiger partial charge in [-0.2, -0.15) is 0 Å². The molecule has 1 aromatic carbocycles. The summed E-state index contributed by atoms with van der Waals surface area (Å²) in [5.74, 6) is 0.0819. The van der Waals surface area contributed by atoms with Crippen LogP contribution in [0.2, 0.25) is 0 Å². The van der Waals surface area contributed by atoms with Crippen molar-refractivity contribution in [3.8, 4) is 0 Å². The number of piperazine rings is 1. The number of Topliss-reactive ketones (excluding diaryl/α,β-unsaturated/α-hetero) is 1. The van der Waals surface area contributed by atoms with Crippen LogP contribution in [0.5, 0.6) is 0 Å². The summed E-state index contributed by atoms with van der Waals surface area (Å²) in [5, 5.41) is 10.7. The van der Waals surface area contributed by atoms with Gasteiger partial charge < -0.3 is 9.80 Å². The molecule has 0 radical (unpaired) electrons. The lowest BCUT2D eigenvalue weighted by Gasteiger charge is -2.36. The van der Waals surface area contributed by atoms with E-state index in [9.17, 15) is 9.59 Å². The third kappa shape index (κ3) is 3.53. The molecule has 1 aromatic heterocycles. The second kappa shape index (κ2) is 6.55. The van der Waals surface area contributed by atoms with Gasteiger partial charge in [-0.3, -0.25) is 9.59 Å². The Kier molecular flexibility index (Phi) is 4.31. The molecular formula is C15H18N6O2. The maximum absolute atomic E-state index is 12.2. The summed E-state index contributed by atoms with van der Waals surface area (Å²) in [6, 6.07) is 7.59. The summed E-state index contributed by atoms with van der Waals surface area (Å²) in [6.07, 6.45) is 1.44. The number of hydrogen-bond acceptors (Lipinski definition) is 6. The summed E-state index contributed by atoms with van der Waals surface area (Å²) in [7, 11) is 0. The van der Waals surface area contributed by atoms with Crippen molar-refractivity contribution in [2.24, 2.45) is 0 Å². The standard InChI is InChI=1S/C15H18N6O2/c1-12(22)13-2-4-14(5-3-13)19-6-8-20(9-7-19)15(23)10-21-11-16-17-18-21/h2-5,11H,6-10H2,1H3. The minimum absolute atomic E-state index is 0.0175. The number of tetrazole rings is 1. The van der Waals surface area contributed by atoms with Crippen LogP contribution in [0.3, 0.4) is 0 Å². The summed E-state index contributed by atoms with van der Waals surface area (Å²) in [5.41, 5.74) is 1.78. The lowest BCUT2D eigenvalue weighted by molar-refractivity contribution is -0.132. The number of anilines is 1. The highest BCUT2D eigenvalue weighted by atomic mass is 16.2. The van der Waals surface area contributed by atoms with E-state index in [-0.39, 0.29) is 18.2 Å². The Morgan fingerprint density at radius 3 is 2.35 bits per heavy atom. The lowest BCUT2D eigenvalue weighted by atomic mass is 10.1. The molecule has 0 unspecified atom stereocenters. The van der Waals surface area contributed by atoms with Crippen LogP contribution >= 0.6 is 0 Å². The van der Waals surface area contributed by atoms with E-state index < -0.39 is 0 Å². The summed E-state index contributed by atoms with van der Waals surface area (Å²) >= 11 is 0. The zero-order valence-corrected chi connectivity index (χ0v) is 12.9. The highest BCUT2D eigenvalue weighted by Crippen LogP contribution is 2.17. The number of hydrogen-bond donors (Lipinski definition) is 0. The highest BCUT2D eigenvalue weighted by molar-refractivity contribution is 5.94. The van der Waals surface area contributed by atoms with Crippen LogP contribution in [-0.2, 0) is 11.3 Å². The number of nitrogens with zero attached hydrogens (tertiary/aromatic N) is 6. The van der Waals surface area contributed by atoms with Crippen LogP contribution in [0.1, 0.15) is 17.3 Å². The van der Waals surface area contributed by atoms with Crippen LogP contribution in [0, 0.1) is 0 Å². The molecule has 1 amide bonds. The number of carbonyl (C=O) groups excluding carboxylic acids is 2. The molecular weight excluding hydrogens is 296 g/mol. The van der Waals surface area contributed by atoms with Gasteiger partial charge in [0, 0.05) is 37.4 Å². The van der Waals surface area contributed by atoms with Crippen molar-refractivity contribution >= 4 is 17.4 Å². The van der Waals surface area contributed by atoms with Crippen molar-refractivity contribution in [2.45, 2.75) is 13.5 Å². The molecule has 0 atom stereocenters. The van der Waals surface area contributed by atoms with Crippen molar-refractivity contribution in [3.63, 3.8) is 0 Å². The minimum Gasteiger partial charge on any atom is -0.368 e. The smallest absolute Gasteiger partial charge is 0.244 e. The van der Waals surface area contributed by atoms with Gasteiger partial charge in [0.05, 0.1) is 0 Å². The Morgan fingerprint density at radius 1 is 1.09 bits per heavy atom. The largest absolute Gasteiger partial charge is 0.368 e. The Labute approximate surface area is 133 Å². The number of carbonyl (C=O) groups is 2. The summed E-state index contributed by atoms with van der Waals surface area (Å²) in [4.78, 5) is 27.5. The first-order valence-electron chi connectivity index (χ1n) is 7.48. The molecule has 120 valence electrons. The second-order valence-electron chi connectivity index (χ2n) is 5.48. The summed E-state index contributed by atoms with van der Waals surface area (Å²) < 4.78 is 1.43. The van der Waals surface area contributed by atoms with Gasteiger partial charge in [-0.05, 0) is 41.6 Å². The minimum atomic E-state index is 0.0175. The Morgan fingerprint density at radius 2 is 1.78 bits per heavy atom. The van der Waals surface area contributed by atoms with Crippen LogP contribution < -0.4 is 4.90 Å². The van der Waals surface area contributed by atoms with Gasteiger partial charge in [-0.25, -0.2) is 4.68 Å². The van der Waals surface area contributed by atoms with Crippen molar-refractivity contribution in [3.05, 3.63) is 36.2 Å². The third-order valence-corrected chi connectivity index (χ3v) is 3.96. The Hall–Kier alpha value is -2.77. The Balaban J connectivity index is 1.55. The first kappa shape index (κ1) is 15.1. The predicted molar refractivity (Wildman–Crippen MR) is 83.1 cm³/mol. The van der Waals surface area contributed by atoms with Gasteiger partial charge in [-0.1, -0.05) is 0 Å². The van der Waals surface area contributed by atoms with E-state index in [1.54, 1.807) is 6.92 Å². The molecule has 1 saturated heterocycles. The highest BCUT2D eigenvalue weighted by Gasteiger charge is 2.21. The second-order valence-corrected chi connectivity index (χ2v) is 5.48. The molecule has 1 fully saturated rings. The molecule has 1 aliphatic heterocycles. The average molecular weight is 314 g/mol. The molecule has 1 aliphatic rings. The van der Waals surface area contributed by atoms with Crippen LogP contribution in [0.4, 0.5) is 5.69 Å². The van der Waals surface area contributed by atoms with Gasteiger partial charge in [0.15, 0.2) is 5.78 Å². The summed E-state index contributed by atoms with van der Waals surface area (Å²) in [6.45, 7) is 4.58. The zero-order valence-electron chi connectivity index (χ0n) is 12.9. The molecule has 23 heavy (non-hydrogen) atoms. The number of aromatic nitrogens is 4. The maximum atomic E-state index is 12.2. The van der Waals surface area contributed by atoms with Crippen LogP contribution in [0.15, 0.2) is 30.6 Å². The normalized spacial score (nSPS) is 14.8. The van der Waals surface area contributed by atoms with Gasteiger partial charge in [-0.15, -0.1) is 5.10 Å². The van der Waals surface area contributed by atoms with E-state index in [2.05, 4.69) is 20.4 Å². The van der Waals surface area contributed by atoms with Gasteiger partial charge in [0.2, 0.25) is 5.91 Å². The molecule has 0 spiro atoms. The molecule has 2 aromatic rings. The molecule has 3 rings (SSSR count). The molecule has 2 heterocycles. The average Bonchev–Trinajstić information content (AvgIpc) is 3.08. The third-order valence-electron chi connectivity index (χ3n) is 3.96. The van der Waals surface area contributed by atoms with Gasteiger partial charge >= 0.3 is 0 Å². The number of amides is 1. The maximum Gasteiger partial charge on any atom is 0.244 e. The molecule has 8 heteroatoms. The first-order chi connectivity index (χ1) is 11.1.